The van der Waals surface area contributed by atoms with Crippen molar-refractivity contribution >= 4 is 12.9 Å². The van der Waals surface area contributed by atoms with E-state index in [9.17, 15) is 4.79 Å². The van der Waals surface area contributed by atoms with Crippen LogP contribution in [0.2, 0.25) is 6.32 Å². The Morgan fingerprint density at radius 1 is 1.21 bits per heavy atom. The summed E-state index contributed by atoms with van der Waals surface area (Å²) in [4.78, 5) is 11.8. The highest BCUT2D eigenvalue weighted by Gasteiger charge is 2.50. The van der Waals surface area contributed by atoms with Gasteiger partial charge in [0, 0.05) is 6.42 Å². The summed E-state index contributed by atoms with van der Waals surface area (Å²) in [6.45, 7) is 8.12. The lowest BCUT2D eigenvalue weighted by atomic mass is 9.82. The summed E-state index contributed by atoms with van der Waals surface area (Å²) in [5.41, 5.74) is -0.606. The Bertz CT molecular complexity index is 420. The lowest BCUT2D eigenvalue weighted by Crippen LogP contribution is -2.41. The molecule has 1 aromatic rings. The van der Waals surface area contributed by atoms with E-state index < -0.39 is 0 Å². The quantitative estimate of drug-likeness (QED) is 0.604. The van der Waals surface area contributed by atoms with Gasteiger partial charge in [-0.1, -0.05) is 0 Å². The monoisotopic (exact) mass is 264 g/mol. The minimum absolute atomic E-state index is 0.0292. The minimum atomic E-state index is -0.303. The third-order valence-corrected chi connectivity index (χ3v) is 3.94. The Morgan fingerprint density at radius 3 is 2.37 bits per heavy atom. The summed E-state index contributed by atoms with van der Waals surface area (Å²) in [5, 5.41) is 0. The van der Waals surface area contributed by atoms with Crippen molar-refractivity contribution in [1.82, 2.24) is 0 Å². The Morgan fingerprint density at radius 2 is 1.84 bits per heavy atom. The molecular weight excluding hydrogens is 243 g/mol. The highest BCUT2D eigenvalue weighted by atomic mass is 16.7. The van der Waals surface area contributed by atoms with Crippen molar-refractivity contribution < 1.29 is 18.5 Å². The van der Waals surface area contributed by atoms with Gasteiger partial charge in [0.15, 0.2) is 11.5 Å². The Balaban J connectivity index is 1.77. The van der Waals surface area contributed by atoms with Crippen molar-refractivity contribution in [3.63, 3.8) is 0 Å². The number of ketones is 1. The molecule has 1 aliphatic rings. The fourth-order valence-corrected chi connectivity index (χ4v) is 2.07. The first-order valence-corrected chi connectivity index (χ1v) is 6.74. The van der Waals surface area contributed by atoms with Crippen LogP contribution >= 0.6 is 0 Å². The Kier molecular flexibility index (Phi) is 3.88. The molecule has 0 spiro atoms. The van der Waals surface area contributed by atoms with Gasteiger partial charge < -0.3 is 13.7 Å². The normalized spacial score (nSPS) is 20.7. The van der Waals surface area contributed by atoms with Crippen LogP contribution in [0.4, 0.5) is 0 Å². The van der Waals surface area contributed by atoms with Crippen molar-refractivity contribution in [3.8, 4) is 0 Å². The van der Waals surface area contributed by atoms with E-state index in [1.807, 2.05) is 27.7 Å². The van der Waals surface area contributed by atoms with E-state index in [1.54, 1.807) is 12.1 Å². The summed E-state index contributed by atoms with van der Waals surface area (Å²) in [7, 11) is -0.227. The molecule has 0 unspecified atom stereocenters. The molecule has 0 atom stereocenters. The predicted octanol–water partition coefficient (Wildman–Crippen LogP) is 3.33. The molecule has 4 nitrogen and oxygen atoms in total. The Hall–Kier alpha value is -1.07. The topological polar surface area (TPSA) is 48.7 Å². The predicted molar refractivity (Wildman–Crippen MR) is 73.2 cm³/mol. The van der Waals surface area contributed by atoms with Gasteiger partial charge in [-0.3, -0.25) is 4.79 Å². The Labute approximate surface area is 114 Å². The molecule has 0 saturated carbocycles. The summed E-state index contributed by atoms with van der Waals surface area (Å²) in [6, 6.07) is 3.42. The van der Waals surface area contributed by atoms with Crippen LogP contribution in [0.15, 0.2) is 22.8 Å². The van der Waals surface area contributed by atoms with Crippen molar-refractivity contribution in [2.45, 2.75) is 58.1 Å². The van der Waals surface area contributed by atoms with Gasteiger partial charge in [0.2, 0.25) is 0 Å². The van der Waals surface area contributed by atoms with Gasteiger partial charge in [-0.15, -0.1) is 0 Å². The molecule has 2 rings (SSSR count). The van der Waals surface area contributed by atoms with Gasteiger partial charge in [-0.2, -0.15) is 0 Å². The number of hydrogen-bond acceptors (Lipinski definition) is 4. The van der Waals surface area contributed by atoms with Crippen LogP contribution < -0.4 is 0 Å². The minimum Gasteiger partial charge on any atom is -0.461 e. The van der Waals surface area contributed by atoms with E-state index in [1.165, 1.54) is 6.26 Å². The smallest absolute Gasteiger partial charge is 0.457 e. The molecule has 0 amide bonds. The molecule has 0 N–H and O–H groups in total. The van der Waals surface area contributed by atoms with Crippen LogP contribution in [0, 0.1) is 0 Å². The van der Waals surface area contributed by atoms with Crippen LogP contribution in [-0.4, -0.2) is 24.1 Å². The van der Waals surface area contributed by atoms with E-state index in [4.69, 9.17) is 13.7 Å². The second-order valence-corrected chi connectivity index (χ2v) is 5.98. The van der Waals surface area contributed by atoms with E-state index in [2.05, 4.69) is 0 Å². The third kappa shape index (κ3) is 3.10. The maximum Gasteiger partial charge on any atom is 0.457 e. The highest BCUT2D eigenvalue weighted by molar-refractivity contribution is 6.45. The number of carbonyl (C=O) groups is 1. The molecule has 19 heavy (non-hydrogen) atoms. The number of rotatable bonds is 5. The number of carbonyl (C=O) groups excluding carboxylic acids is 1. The lowest BCUT2D eigenvalue weighted by molar-refractivity contribution is 0.00578. The summed E-state index contributed by atoms with van der Waals surface area (Å²) in [5.74, 6) is 0.454. The number of furan rings is 1. The first-order valence-electron chi connectivity index (χ1n) is 6.74. The van der Waals surface area contributed by atoms with Gasteiger partial charge >= 0.3 is 7.12 Å². The molecule has 5 heteroatoms. The van der Waals surface area contributed by atoms with Crippen molar-refractivity contribution in [2.24, 2.45) is 0 Å². The third-order valence-electron chi connectivity index (χ3n) is 3.94. The van der Waals surface area contributed by atoms with Crippen LogP contribution in [-0.2, 0) is 9.31 Å². The summed E-state index contributed by atoms with van der Waals surface area (Å²) in [6.07, 6.45) is 3.43. The average molecular weight is 264 g/mol. The second-order valence-electron chi connectivity index (χ2n) is 5.98. The molecule has 0 aliphatic carbocycles. The van der Waals surface area contributed by atoms with Gasteiger partial charge in [0.1, 0.15) is 0 Å². The molecule has 1 saturated heterocycles. The van der Waals surface area contributed by atoms with E-state index in [0.29, 0.717) is 12.2 Å². The zero-order valence-corrected chi connectivity index (χ0v) is 12.1. The van der Waals surface area contributed by atoms with Crippen molar-refractivity contribution in [1.29, 1.82) is 0 Å². The lowest BCUT2D eigenvalue weighted by Gasteiger charge is -2.32. The maximum atomic E-state index is 11.8. The molecule has 104 valence electrons. The van der Waals surface area contributed by atoms with Crippen molar-refractivity contribution in [2.75, 3.05) is 0 Å². The largest absolute Gasteiger partial charge is 0.461 e. The zero-order valence-electron chi connectivity index (χ0n) is 12.1. The van der Waals surface area contributed by atoms with E-state index in [0.717, 1.165) is 12.7 Å². The average Bonchev–Trinajstić information content (AvgIpc) is 2.86. The standard InChI is InChI=1S/C14H21BO4/c1-13(2)14(3,4)19-15(18-13)9-5-7-11(16)12-8-6-10-17-12/h6,8,10H,5,7,9H2,1-4H3. The molecule has 0 bridgehead atoms. The van der Waals surface area contributed by atoms with Crippen LogP contribution in [0.3, 0.4) is 0 Å². The summed E-state index contributed by atoms with van der Waals surface area (Å²) >= 11 is 0. The molecular formula is C14H21BO4. The van der Waals surface area contributed by atoms with Crippen LogP contribution in [0.25, 0.3) is 0 Å². The molecule has 1 aromatic heterocycles. The van der Waals surface area contributed by atoms with Crippen LogP contribution in [0.5, 0.6) is 0 Å². The molecule has 1 fully saturated rings. The van der Waals surface area contributed by atoms with E-state index >= 15 is 0 Å². The number of hydrogen-bond donors (Lipinski definition) is 0. The molecule has 0 aromatic carbocycles. The second kappa shape index (κ2) is 5.14. The first-order chi connectivity index (χ1) is 8.82. The number of Topliss-reactive ketones (excluding diaryl/α,β-unsaturated/α-hetero) is 1. The molecule has 2 heterocycles. The van der Waals surface area contributed by atoms with Gasteiger partial charge in [-0.25, -0.2) is 0 Å². The molecule has 1 aliphatic heterocycles. The highest BCUT2D eigenvalue weighted by Crippen LogP contribution is 2.38. The fraction of sp³-hybridized carbons (Fsp3) is 0.643. The summed E-state index contributed by atoms with van der Waals surface area (Å²) < 4.78 is 16.8. The van der Waals surface area contributed by atoms with Gasteiger partial charge in [-0.05, 0) is 52.6 Å². The van der Waals surface area contributed by atoms with E-state index in [-0.39, 0.29) is 24.1 Å². The first kappa shape index (κ1) is 14.3. The maximum absolute atomic E-state index is 11.8. The van der Waals surface area contributed by atoms with Gasteiger partial charge in [0.25, 0.3) is 0 Å². The van der Waals surface area contributed by atoms with Crippen LogP contribution in [0.1, 0.15) is 51.1 Å². The zero-order chi connectivity index (χ0) is 14.1. The molecule has 0 radical (unpaired) electrons. The van der Waals surface area contributed by atoms with Gasteiger partial charge in [0.05, 0.1) is 17.5 Å². The SMILES string of the molecule is CC1(C)OB(CCCC(=O)c2ccco2)OC1(C)C. The van der Waals surface area contributed by atoms with Crippen molar-refractivity contribution in [3.05, 3.63) is 24.2 Å². The fourth-order valence-electron chi connectivity index (χ4n) is 2.07.